The number of nitrogens with zero attached hydrogens (tertiary/aromatic N) is 1. The van der Waals surface area contributed by atoms with Crippen molar-refractivity contribution in [2.45, 2.75) is 19.8 Å². The second kappa shape index (κ2) is 7.62. The van der Waals surface area contributed by atoms with Gasteiger partial charge >= 0.3 is 0 Å². The van der Waals surface area contributed by atoms with Gasteiger partial charge in [-0.1, -0.05) is 43.1 Å². The third kappa shape index (κ3) is 4.08. The summed E-state index contributed by atoms with van der Waals surface area (Å²) in [5.41, 5.74) is 1.51. The Kier molecular flexibility index (Phi) is 5.83. The van der Waals surface area contributed by atoms with E-state index in [1.54, 1.807) is 18.2 Å². The summed E-state index contributed by atoms with van der Waals surface area (Å²) >= 11 is 9.44. The van der Waals surface area contributed by atoms with Crippen LogP contribution in [0.4, 0.5) is 5.69 Å². The monoisotopic (exact) mass is 365 g/mol. The fraction of sp³-hybridized carbons (Fsp3) is 0.235. The van der Waals surface area contributed by atoms with Crippen LogP contribution in [0.3, 0.4) is 0 Å². The third-order valence-corrected chi connectivity index (χ3v) is 4.45. The highest BCUT2D eigenvalue weighted by molar-refractivity contribution is 9.10. The highest BCUT2D eigenvalue weighted by atomic mass is 79.9. The highest BCUT2D eigenvalue weighted by Crippen LogP contribution is 2.25. The SMILES string of the molecule is CCCCN(C(=O)c1ccc(Br)c(Cl)c1)c1ccccc1. The van der Waals surface area contributed by atoms with E-state index < -0.39 is 0 Å². The lowest BCUT2D eigenvalue weighted by Gasteiger charge is -2.23. The number of benzene rings is 2. The lowest BCUT2D eigenvalue weighted by Crippen LogP contribution is -2.31. The van der Waals surface area contributed by atoms with E-state index in [1.807, 2.05) is 35.2 Å². The molecule has 4 heteroatoms. The largest absolute Gasteiger partial charge is 0.308 e. The van der Waals surface area contributed by atoms with Crippen LogP contribution in [-0.4, -0.2) is 12.5 Å². The maximum absolute atomic E-state index is 12.8. The molecule has 0 aromatic heterocycles. The lowest BCUT2D eigenvalue weighted by molar-refractivity contribution is 0.0986. The number of rotatable bonds is 5. The Morgan fingerprint density at radius 1 is 1.19 bits per heavy atom. The number of para-hydroxylation sites is 1. The minimum atomic E-state index is -0.0240. The molecule has 2 aromatic carbocycles. The van der Waals surface area contributed by atoms with Crippen molar-refractivity contribution in [3.8, 4) is 0 Å². The summed E-state index contributed by atoms with van der Waals surface area (Å²) in [5.74, 6) is -0.0240. The smallest absolute Gasteiger partial charge is 0.258 e. The summed E-state index contributed by atoms with van der Waals surface area (Å²) in [6.07, 6.45) is 2.00. The Labute approximate surface area is 138 Å². The number of amides is 1. The molecule has 0 atom stereocenters. The van der Waals surface area contributed by atoms with Gasteiger partial charge in [0.15, 0.2) is 0 Å². The van der Waals surface area contributed by atoms with Crippen molar-refractivity contribution >= 4 is 39.1 Å². The van der Waals surface area contributed by atoms with Crippen LogP contribution in [0.15, 0.2) is 53.0 Å². The second-order valence-electron chi connectivity index (χ2n) is 4.77. The number of anilines is 1. The number of unbranched alkanes of at least 4 members (excludes halogenated alkanes) is 1. The lowest BCUT2D eigenvalue weighted by atomic mass is 10.1. The molecule has 2 aromatic rings. The average molecular weight is 367 g/mol. The molecule has 0 saturated carbocycles. The van der Waals surface area contributed by atoms with Gasteiger partial charge in [0.25, 0.3) is 5.91 Å². The Morgan fingerprint density at radius 3 is 2.52 bits per heavy atom. The molecule has 0 bridgehead atoms. The fourth-order valence-electron chi connectivity index (χ4n) is 2.06. The van der Waals surface area contributed by atoms with Crippen LogP contribution in [0, 0.1) is 0 Å². The van der Waals surface area contributed by atoms with E-state index in [1.165, 1.54) is 0 Å². The van der Waals surface area contributed by atoms with Crippen molar-refractivity contribution in [1.29, 1.82) is 0 Å². The molecule has 0 N–H and O–H groups in total. The zero-order chi connectivity index (χ0) is 15.2. The van der Waals surface area contributed by atoms with E-state index in [4.69, 9.17) is 11.6 Å². The quantitative estimate of drug-likeness (QED) is 0.679. The maximum Gasteiger partial charge on any atom is 0.258 e. The molecule has 1 amide bonds. The van der Waals surface area contributed by atoms with Gasteiger partial charge in [-0.05, 0) is 52.7 Å². The number of hydrogen-bond acceptors (Lipinski definition) is 1. The molecular weight excluding hydrogens is 350 g/mol. The van der Waals surface area contributed by atoms with E-state index in [2.05, 4.69) is 22.9 Å². The molecule has 0 spiro atoms. The minimum absolute atomic E-state index is 0.0240. The van der Waals surface area contributed by atoms with Gasteiger partial charge in [-0.15, -0.1) is 0 Å². The molecule has 0 unspecified atom stereocenters. The van der Waals surface area contributed by atoms with Gasteiger partial charge in [0.2, 0.25) is 0 Å². The molecule has 0 heterocycles. The summed E-state index contributed by atoms with van der Waals surface area (Å²) in [5, 5.41) is 0.546. The van der Waals surface area contributed by atoms with Crippen LogP contribution in [-0.2, 0) is 0 Å². The number of carbonyl (C=O) groups excluding carboxylic acids is 1. The minimum Gasteiger partial charge on any atom is -0.308 e. The molecule has 110 valence electrons. The molecule has 0 radical (unpaired) electrons. The van der Waals surface area contributed by atoms with Crippen molar-refractivity contribution in [2.75, 3.05) is 11.4 Å². The second-order valence-corrected chi connectivity index (χ2v) is 6.04. The first-order chi connectivity index (χ1) is 10.1. The van der Waals surface area contributed by atoms with Crippen LogP contribution in [0.25, 0.3) is 0 Å². The molecule has 0 fully saturated rings. The molecule has 0 aliphatic rings. The van der Waals surface area contributed by atoms with Gasteiger partial charge in [-0.3, -0.25) is 4.79 Å². The first-order valence-corrected chi connectivity index (χ1v) is 8.12. The van der Waals surface area contributed by atoms with E-state index in [0.29, 0.717) is 17.1 Å². The highest BCUT2D eigenvalue weighted by Gasteiger charge is 2.17. The van der Waals surface area contributed by atoms with Crippen molar-refractivity contribution in [1.82, 2.24) is 0 Å². The summed E-state index contributed by atoms with van der Waals surface area (Å²) in [6.45, 7) is 2.82. The molecule has 2 nitrogen and oxygen atoms in total. The van der Waals surface area contributed by atoms with Crippen molar-refractivity contribution in [3.05, 3.63) is 63.6 Å². The van der Waals surface area contributed by atoms with Crippen molar-refractivity contribution in [3.63, 3.8) is 0 Å². The first kappa shape index (κ1) is 16.1. The molecule has 0 aliphatic heterocycles. The van der Waals surface area contributed by atoms with Gasteiger partial charge in [0, 0.05) is 22.3 Å². The van der Waals surface area contributed by atoms with E-state index >= 15 is 0 Å². The predicted molar refractivity (Wildman–Crippen MR) is 92.2 cm³/mol. The molecule has 0 aliphatic carbocycles. The first-order valence-electron chi connectivity index (χ1n) is 6.95. The van der Waals surface area contributed by atoms with E-state index in [-0.39, 0.29) is 5.91 Å². The summed E-state index contributed by atoms with van der Waals surface area (Å²) in [4.78, 5) is 14.6. The standard InChI is InChI=1S/C17H17BrClNO/c1-2-3-11-20(14-7-5-4-6-8-14)17(21)13-9-10-15(18)16(19)12-13/h4-10,12H,2-3,11H2,1H3. The topological polar surface area (TPSA) is 20.3 Å². The van der Waals surface area contributed by atoms with Crippen LogP contribution in [0.5, 0.6) is 0 Å². The summed E-state index contributed by atoms with van der Waals surface area (Å²) < 4.78 is 0.792. The molecule has 0 saturated heterocycles. The molecule has 21 heavy (non-hydrogen) atoms. The molecular formula is C17H17BrClNO. The van der Waals surface area contributed by atoms with E-state index in [0.717, 1.165) is 23.0 Å². The van der Waals surface area contributed by atoms with Crippen molar-refractivity contribution < 1.29 is 4.79 Å². The Hall–Kier alpha value is -1.32. The predicted octanol–water partition coefficient (Wildman–Crippen LogP) is 5.55. The number of hydrogen-bond donors (Lipinski definition) is 0. The van der Waals surface area contributed by atoms with Gasteiger partial charge in [-0.25, -0.2) is 0 Å². The molecule has 2 rings (SSSR count). The van der Waals surface area contributed by atoms with Gasteiger partial charge in [0.1, 0.15) is 0 Å². The average Bonchev–Trinajstić information content (AvgIpc) is 2.51. The van der Waals surface area contributed by atoms with Crippen molar-refractivity contribution in [2.24, 2.45) is 0 Å². The Balaban J connectivity index is 2.31. The maximum atomic E-state index is 12.8. The number of halogens is 2. The Morgan fingerprint density at radius 2 is 1.90 bits per heavy atom. The zero-order valence-electron chi connectivity index (χ0n) is 11.9. The van der Waals surface area contributed by atoms with Gasteiger partial charge in [0.05, 0.1) is 5.02 Å². The third-order valence-electron chi connectivity index (χ3n) is 3.21. The summed E-state index contributed by atoms with van der Waals surface area (Å²) in [6, 6.07) is 15.0. The van der Waals surface area contributed by atoms with Crippen LogP contribution in [0.1, 0.15) is 30.1 Å². The van der Waals surface area contributed by atoms with Gasteiger partial charge < -0.3 is 4.90 Å². The fourth-order valence-corrected chi connectivity index (χ4v) is 2.48. The van der Waals surface area contributed by atoms with Gasteiger partial charge in [-0.2, -0.15) is 0 Å². The van der Waals surface area contributed by atoms with Crippen LogP contribution >= 0.6 is 27.5 Å². The van der Waals surface area contributed by atoms with Crippen LogP contribution in [0.2, 0.25) is 5.02 Å². The van der Waals surface area contributed by atoms with E-state index in [9.17, 15) is 4.79 Å². The summed E-state index contributed by atoms with van der Waals surface area (Å²) in [7, 11) is 0. The normalized spacial score (nSPS) is 10.4. The Bertz CT molecular complexity index is 615. The number of carbonyl (C=O) groups is 1. The van der Waals surface area contributed by atoms with Crippen LogP contribution < -0.4 is 4.90 Å². The zero-order valence-corrected chi connectivity index (χ0v) is 14.2.